The van der Waals surface area contributed by atoms with Gasteiger partial charge in [0.25, 0.3) is 0 Å². The first kappa shape index (κ1) is 20.0. The highest BCUT2D eigenvalue weighted by molar-refractivity contribution is 7.91. The smallest absolute Gasteiger partial charge is 0.356 e. The number of para-hydroxylation sites is 1. The van der Waals surface area contributed by atoms with Gasteiger partial charge in [-0.05, 0) is 36.4 Å². The molecule has 0 atom stereocenters. The van der Waals surface area contributed by atoms with Crippen LogP contribution in [0.25, 0.3) is 10.9 Å². The zero-order valence-electron chi connectivity index (χ0n) is 15.1. The standard InChI is InChI=1S/C18H17F3N4O2S2/c19-18(20,21)17-22-14-5-2-1-4-13(14)16(23-17)25-9-7-12(8-10-25)24-29(26,27)15-6-3-11-28-15/h1-6,11-12,24H,7-10H2. The van der Waals surface area contributed by atoms with E-state index in [9.17, 15) is 21.6 Å². The summed E-state index contributed by atoms with van der Waals surface area (Å²) in [5.74, 6) is -0.950. The lowest BCUT2D eigenvalue weighted by atomic mass is 10.1. The molecule has 0 saturated carbocycles. The van der Waals surface area contributed by atoms with Crippen molar-refractivity contribution in [1.29, 1.82) is 0 Å². The van der Waals surface area contributed by atoms with Crippen LogP contribution in [-0.2, 0) is 16.2 Å². The number of anilines is 1. The Labute approximate surface area is 169 Å². The van der Waals surface area contributed by atoms with Crippen LogP contribution < -0.4 is 9.62 Å². The number of thiophene rings is 1. The topological polar surface area (TPSA) is 75.2 Å². The van der Waals surface area contributed by atoms with E-state index in [1.807, 2.05) is 0 Å². The number of hydrogen-bond donors (Lipinski definition) is 1. The van der Waals surface area contributed by atoms with E-state index in [1.165, 1.54) is 12.1 Å². The lowest BCUT2D eigenvalue weighted by Crippen LogP contribution is -2.45. The molecule has 1 saturated heterocycles. The Morgan fingerprint density at radius 3 is 2.45 bits per heavy atom. The van der Waals surface area contributed by atoms with E-state index in [0.717, 1.165) is 11.3 Å². The maximum absolute atomic E-state index is 13.2. The van der Waals surface area contributed by atoms with E-state index < -0.39 is 22.0 Å². The number of alkyl halides is 3. The van der Waals surface area contributed by atoms with Crippen LogP contribution in [0.5, 0.6) is 0 Å². The Morgan fingerprint density at radius 2 is 1.79 bits per heavy atom. The minimum absolute atomic E-state index is 0.225. The van der Waals surface area contributed by atoms with E-state index in [2.05, 4.69) is 14.7 Å². The van der Waals surface area contributed by atoms with Crippen molar-refractivity contribution in [3.05, 3.63) is 47.6 Å². The van der Waals surface area contributed by atoms with Crippen LogP contribution >= 0.6 is 11.3 Å². The van der Waals surface area contributed by atoms with Gasteiger partial charge in [-0.15, -0.1) is 11.3 Å². The molecule has 11 heteroatoms. The SMILES string of the molecule is O=S(=O)(NC1CCN(c2nc(C(F)(F)F)nc3ccccc23)CC1)c1cccs1. The van der Waals surface area contributed by atoms with Crippen molar-refractivity contribution in [2.75, 3.05) is 18.0 Å². The molecule has 154 valence electrons. The Hall–Kier alpha value is -2.24. The summed E-state index contributed by atoms with van der Waals surface area (Å²) in [4.78, 5) is 9.19. The quantitative estimate of drug-likeness (QED) is 0.668. The van der Waals surface area contributed by atoms with Gasteiger partial charge in [-0.1, -0.05) is 18.2 Å². The fourth-order valence-electron chi connectivity index (χ4n) is 3.33. The third-order valence-electron chi connectivity index (χ3n) is 4.71. The van der Waals surface area contributed by atoms with E-state index in [1.54, 1.807) is 34.5 Å². The second-order valence-electron chi connectivity index (χ2n) is 6.70. The van der Waals surface area contributed by atoms with E-state index in [0.29, 0.717) is 31.3 Å². The van der Waals surface area contributed by atoms with Crippen molar-refractivity contribution in [3.8, 4) is 0 Å². The average molecular weight is 442 g/mol. The number of halogens is 3. The van der Waals surface area contributed by atoms with Gasteiger partial charge in [0.15, 0.2) is 0 Å². The summed E-state index contributed by atoms with van der Waals surface area (Å²) in [6.45, 7) is 0.770. The predicted octanol–water partition coefficient (Wildman–Crippen LogP) is 3.66. The molecular formula is C18H17F3N4O2S2. The van der Waals surface area contributed by atoms with Gasteiger partial charge < -0.3 is 4.90 Å². The summed E-state index contributed by atoms with van der Waals surface area (Å²) in [5, 5.41) is 2.23. The van der Waals surface area contributed by atoms with Crippen LogP contribution in [-0.4, -0.2) is 37.5 Å². The summed E-state index contributed by atoms with van der Waals surface area (Å²) in [6.07, 6.45) is -3.72. The minimum atomic E-state index is -4.65. The summed E-state index contributed by atoms with van der Waals surface area (Å²) < 4.78 is 67.4. The zero-order valence-corrected chi connectivity index (χ0v) is 16.7. The van der Waals surface area contributed by atoms with Gasteiger partial charge in [0.2, 0.25) is 15.8 Å². The largest absolute Gasteiger partial charge is 0.451 e. The molecule has 2 aromatic heterocycles. The maximum atomic E-state index is 13.2. The zero-order chi connectivity index (χ0) is 20.6. The first-order valence-corrected chi connectivity index (χ1v) is 11.2. The molecule has 3 aromatic rings. The molecule has 0 aliphatic carbocycles. The van der Waals surface area contributed by atoms with Crippen molar-refractivity contribution in [3.63, 3.8) is 0 Å². The highest BCUT2D eigenvalue weighted by Gasteiger charge is 2.36. The molecule has 0 bridgehead atoms. The number of hydrogen-bond acceptors (Lipinski definition) is 6. The summed E-state index contributed by atoms with van der Waals surface area (Å²) in [7, 11) is -3.58. The van der Waals surface area contributed by atoms with Crippen molar-refractivity contribution in [1.82, 2.24) is 14.7 Å². The summed E-state index contributed by atoms with van der Waals surface area (Å²) >= 11 is 1.14. The van der Waals surface area contributed by atoms with Crippen molar-refractivity contribution in [2.45, 2.75) is 29.3 Å². The highest BCUT2D eigenvalue weighted by Crippen LogP contribution is 2.32. The van der Waals surface area contributed by atoms with Crippen molar-refractivity contribution in [2.24, 2.45) is 0 Å². The minimum Gasteiger partial charge on any atom is -0.356 e. The normalized spacial score (nSPS) is 16.4. The fraction of sp³-hybridized carbons (Fsp3) is 0.333. The van der Waals surface area contributed by atoms with Crippen molar-refractivity contribution < 1.29 is 21.6 Å². The average Bonchev–Trinajstić information content (AvgIpc) is 3.23. The molecule has 1 aliphatic heterocycles. The van der Waals surface area contributed by atoms with Gasteiger partial charge in [0, 0.05) is 24.5 Å². The number of piperidine rings is 1. The van der Waals surface area contributed by atoms with E-state index >= 15 is 0 Å². The highest BCUT2D eigenvalue weighted by atomic mass is 32.2. The Balaban J connectivity index is 1.55. The van der Waals surface area contributed by atoms with Crippen molar-refractivity contribution >= 4 is 38.1 Å². The molecule has 1 aromatic carbocycles. The molecule has 4 rings (SSSR count). The van der Waals surface area contributed by atoms with Crippen LogP contribution in [0.2, 0.25) is 0 Å². The molecule has 0 unspecified atom stereocenters. The van der Waals surface area contributed by atoms with Gasteiger partial charge >= 0.3 is 6.18 Å². The molecule has 1 aliphatic rings. The third kappa shape index (κ3) is 4.21. The lowest BCUT2D eigenvalue weighted by molar-refractivity contribution is -0.144. The van der Waals surface area contributed by atoms with E-state index in [-0.39, 0.29) is 21.6 Å². The number of benzene rings is 1. The number of rotatable bonds is 4. The molecule has 1 fully saturated rings. The van der Waals surface area contributed by atoms with Gasteiger partial charge in [-0.2, -0.15) is 13.2 Å². The maximum Gasteiger partial charge on any atom is 0.451 e. The van der Waals surface area contributed by atoms with Gasteiger partial charge in [-0.25, -0.2) is 23.1 Å². The first-order valence-electron chi connectivity index (χ1n) is 8.89. The molecule has 29 heavy (non-hydrogen) atoms. The summed E-state index contributed by atoms with van der Waals surface area (Å²) in [6, 6.07) is 9.49. The van der Waals surface area contributed by atoms with Gasteiger partial charge in [0.1, 0.15) is 10.0 Å². The number of fused-ring (bicyclic) bond motifs is 1. The summed E-state index contributed by atoms with van der Waals surface area (Å²) in [5.41, 5.74) is 0.227. The Morgan fingerprint density at radius 1 is 1.07 bits per heavy atom. The van der Waals surface area contributed by atoms with Gasteiger partial charge in [0.05, 0.1) is 5.52 Å². The Kier molecular flexibility index (Phi) is 5.21. The number of nitrogens with one attached hydrogen (secondary N) is 1. The number of nitrogens with zero attached hydrogens (tertiary/aromatic N) is 3. The second kappa shape index (κ2) is 7.54. The molecule has 0 spiro atoms. The van der Waals surface area contributed by atoms with Crippen LogP contribution in [0.1, 0.15) is 18.7 Å². The predicted molar refractivity (Wildman–Crippen MR) is 104 cm³/mol. The van der Waals surface area contributed by atoms with Crippen LogP contribution in [0, 0.1) is 0 Å². The first-order chi connectivity index (χ1) is 13.7. The molecule has 6 nitrogen and oxygen atoms in total. The molecule has 1 N–H and O–H groups in total. The van der Waals surface area contributed by atoms with Crippen LogP contribution in [0.4, 0.5) is 19.0 Å². The fourth-order valence-corrected chi connectivity index (χ4v) is 5.65. The molecular weight excluding hydrogens is 425 g/mol. The lowest BCUT2D eigenvalue weighted by Gasteiger charge is -2.33. The van der Waals surface area contributed by atoms with Crippen LogP contribution in [0.3, 0.4) is 0 Å². The monoisotopic (exact) mass is 442 g/mol. The Bertz CT molecular complexity index is 1110. The number of aromatic nitrogens is 2. The van der Waals surface area contributed by atoms with E-state index in [4.69, 9.17) is 0 Å². The number of sulfonamides is 1. The molecule has 3 heterocycles. The molecule has 0 amide bonds. The molecule has 0 radical (unpaired) electrons. The van der Waals surface area contributed by atoms with Crippen LogP contribution in [0.15, 0.2) is 46.0 Å². The van der Waals surface area contributed by atoms with Gasteiger partial charge in [-0.3, -0.25) is 0 Å². The third-order valence-corrected chi connectivity index (χ3v) is 7.63. The second-order valence-corrected chi connectivity index (χ2v) is 9.59.